The first kappa shape index (κ1) is 18.1. The average molecular weight is 410 g/mol. The summed E-state index contributed by atoms with van der Waals surface area (Å²) < 4.78 is 3.06. The van der Waals surface area contributed by atoms with Crippen molar-refractivity contribution >= 4 is 33.1 Å². The van der Waals surface area contributed by atoms with E-state index in [-0.39, 0.29) is 12.1 Å². The Labute approximate surface area is 155 Å². The van der Waals surface area contributed by atoms with E-state index in [2.05, 4.69) is 49.5 Å². The van der Waals surface area contributed by atoms with Gasteiger partial charge in [-0.1, -0.05) is 13.8 Å². The Hall–Kier alpha value is -1.67. The Morgan fingerprint density at radius 3 is 2.92 bits per heavy atom. The molecule has 0 aliphatic carbocycles. The first-order valence-electron chi connectivity index (χ1n) is 8.54. The van der Waals surface area contributed by atoms with E-state index in [0.717, 1.165) is 47.4 Å². The Morgan fingerprint density at radius 1 is 1.48 bits per heavy atom. The summed E-state index contributed by atoms with van der Waals surface area (Å²) in [6.45, 7) is 5.95. The minimum atomic E-state index is -0.969. The van der Waals surface area contributed by atoms with E-state index in [9.17, 15) is 4.79 Å². The number of hydrogen-bond acceptors (Lipinski definition) is 4. The molecule has 2 unspecified atom stereocenters. The smallest absolute Gasteiger partial charge is 0.404 e. The van der Waals surface area contributed by atoms with Crippen LogP contribution in [0.25, 0.3) is 11.0 Å². The highest BCUT2D eigenvalue weighted by molar-refractivity contribution is 9.10. The number of carbonyl (C=O) groups is 1. The first-order valence-corrected chi connectivity index (χ1v) is 9.33. The van der Waals surface area contributed by atoms with Crippen molar-refractivity contribution in [2.75, 3.05) is 20.1 Å². The molecular formula is C17H24BrN5O2. The van der Waals surface area contributed by atoms with Gasteiger partial charge in [-0.25, -0.2) is 14.8 Å². The Morgan fingerprint density at radius 2 is 2.24 bits per heavy atom. The second-order valence-corrected chi connectivity index (χ2v) is 8.06. The van der Waals surface area contributed by atoms with E-state index in [0.29, 0.717) is 5.92 Å². The van der Waals surface area contributed by atoms with Gasteiger partial charge in [0.2, 0.25) is 0 Å². The highest BCUT2D eigenvalue weighted by Gasteiger charge is 2.30. The Bertz CT molecular complexity index is 776. The predicted molar refractivity (Wildman–Crippen MR) is 99.9 cm³/mol. The van der Waals surface area contributed by atoms with Crippen LogP contribution in [0.4, 0.5) is 4.79 Å². The molecule has 0 radical (unpaired) electrons. The third-order valence-corrected chi connectivity index (χ3v) is 4.94. The van der Waals surface area contributed by atoms with Gasteiger partial charge in [-0.2, -0.15) is 0 Å². The van der Waals surface area contributed by atoms with Gasteiger partial charge < -0.3 is 19.9 Å². The second-order valence-electron chi connectivity index (χ2n) is 7.25. The van der Waals surface area contributed by atoms with Crippen molar-refractivity contribution in [3.63, 3.8) is 0 Å². The minimum absolute atomic E-state index is 0.0872. The largest absolute Gasteiger partial charge is 0.465 e. The number of likely N-dealkylation sites (tertiary alicyclic amines) is 1. The molecule has 1 aliphatic heterocycles. The van der Waals surface area contributed by atoms with Gasteiger partial charge in [-0.3, -0.25) is 0 Å². The van der Waals surface area contributed by atoms with Crippen LogP contribution in [0.5, 0.6) is 0 Å². The number of aromatic nitrogens is 3. The number of halogens is 1. The summed E-state index contributed by atoms with van der Waals surface area (Å²) >= 11 is 3.45. The molecule has 0 bridgehead atoms. The second kappa shape index (κ2) is 7.29. The summed E-state index contributed by atoms with van der Waals surface area (Å²) in [5.74, 6) is 1.53. The molecule has 2 N–H and O–H groups in total. The van der Waals surface area contributed by atoms with Crippen LogP contribution in [-0.2, 0) is 6.42 Å². The van der Waals surface area contributed by atoms with Crippen LogP contribution < -0.4 is 5.32 Å². The van der Waals surface area contributed by atoms with Gasteiger partial charge in [0.05, 0.1) is 17.8 Å². The summed E-state index contributed by atoms with van der Waals surface area (Å²) in [5.41, 5.74) is 1.93. The van der Waals surface area contributed by atoms with Crippen molar-refractivity contribution in [2.45, 2.75) is 38.8 Å². The monoisotopic (exact) mass is 409 g/mol. The number of imidazole rings is 1. The molecule has 2 atom stereocenters. The summed E-state index contributed by atoms with van der Waals surface area (Å²) in [4.78, 5) is 22.4. The molecule has 0 spiro atoms. The Balaban J connectivity index is 2.02. The van der Waals surface area contributed by atoms with Crippen molar-refractivity contribution in [1.82, 2.24) is 24.8 Å². The SMILES string of the molecule is CC(C)Cc1nc2cnc(Br)cc2n1C1CC(NC(=O)O)CN(C)C1. The summed E-state index contributed by atoms with van der Waals surface area (Å²) in [6, 6.07) is 2.08. The van der Waals surface area contributed by atoms with E-state index in [1.54, 1.807) is 6.20 Å². The molecule has 136 valence electrons. The lowest BCUT2D eigenvalue weighted by molar-refractivity contribution is 0.153. The number of nitrogens with one attached hydrogen (secondary N) is 1. The van der Waals surface area contributed by atoms with Crippen molar-refractivity contribution < 1.29 is 9.90 Å². The van der Waals surface area contributed by atoms with Crippen molar-refractivity contribution in [2.24, 2.45) is 5.92 Å². The number of hydrogen-bond donors (Lipinski definition) is 2. The average Bonchev–Trinajstić information content (AvgIpc) is 2.81. The van der Waals surface area contributed by atoms with Gasteiger partial charge in [0.15, 0.2) is 0 Å². The molecule has 2 aromatic heterocycles. The van der Waals surface area contributed by atoms with Gasteiger partial charge in [-0.15, -0.1) is 0 Å². The molecule has 7 nitrogen and oxygen atoms in total. The molecule has 3 heterocycles. The van der Waals surface area contributed by atoms with Gasteiger partial charge in [0, 0.05) is 25.6 Å². The zero-order valence-electron chi connectivity index (χ0n) is 14.7. The lowest BCUT2D eigenvalue weighted by Crippen LogP contribution is -2.49. The number of likely N-dealkylation sites (N-methyl/N-ethyl adjacent to an activating group) is 1. The summed E-state index contributed by atoms with van der Waals surface area (Å²) in [5, 5.41) is 11.7. The fourth-order valence-electron chi connectivity index (χ4n) is 3.69. The maximum absolute atomic E-state index is 11.1. The van der Waals surface area contributed by atoms with Gasteiger partial charge >= 0.3 is 6.09 Å². The fourth-order valence-corrected chi connectivity index (χ4v) is 4.01. The third kappa shape index (κ3) is 4.12. The minimum Gasteiger partial charge on any atom is -0.465 e. The number of fused-ring (bicyclic) bond motifs is 1. The van der Waals surface area contributed by atoms with Gasteiger partial charge in [0.1, 0.15) is 15.9 Å². The molecule has 1 aliphatic rings. The standard InChI is InChI=1S/C17H24BrN5O2/c1-10(2)4-16-21-13-7-19-15(18)6-14(13)23(16)12-5-11(20-17(24)25)8-22(3)9-12/h6-7,10-12,20H,4-5,8-9H2,1-3H3,(H,24,25). The number of nitrogens with zero attached hydrogens (tertiary/aromatic N) is 4. The zero-order valence-corrected chi connectivity index (χ0v) is 16.3. The van der Waals surface area contributed by atoms with Crippen LogP contribution in [0.1, 0.15) is 32.1 Å². The number of amides is 1. The molecular weight excluding hydrogens is 386 g/mol. The molecule has 1 fully saturated rings. The molecule has 1 saturated heterocycles. The van der Waals surface area contributed by atoms with E-state index >= 15 is 0 Å². The predicted octanol–water partition coefficient (Wildman–Crippen LogP) is 2.91. The maximum atomic E-state index is 11.1. The summed E-state index contributed by atoms with van der Waals surface area (Å²) in [7, 11) is 2.03. The van der Waals surface area contributed by atoms with Crippen LogP contribution in [0.2, 0.25) is 0 Å². The number of rotatable bonds is 4. The van der Waals surface area contributed by atoms with E-state index in [1.807, 2.05) is 13.1 Å². The number of piperidine rings is 1. The normalized spacial score (nSPS) is 21.8. The van der Waals surface area contributed by atoms with Crippen molar-refractivity contribution in [3.05, 3.63) is 22.7 Å². The summed E-state index contributed by atoms with van der Waals surface area (Å²) in [6.07, 6.45) is 2.46. The molecule has 8 heteroatoms. The van der Waals surface area contributed by atoms with Gasteiger partial charge in [-0.05, 0) is 41.4 Å². The molecule has 0 saturated carbocycles. The first-order chi connectivity index (χ1) is 11.8. The van der Waals surface area contributed by atoms with Crippen LogP contribution in [0.3, 0.4) is 0 Å². The highest BCUT2D eigenvalue weighted by atomic mass is 79.9. The lowest BCUT2D eigenvalue weighted by Gasteiger charge is -2.37. The lowest BCUT2D eigenvalue weighted by atomic mass is 10.00. The molecule has 1 amide bonds. The molecule has 25 heavy (non-hydrogen) atoms. The number of carboxylic acid groups (broad SMARTS) is 1. The molecule has 2 aromatic rings. The number of pyridine rings is 1. The highest BCUT2D eigenvalue weighted by Crippen LogP contribution is 2.29. The quantitative estimate of drug-likeness (QED) is 0.758. The fraction of sp³-hybridized carbons (Fsp3) is 0.588. The topological polar surface area (TPSA) is 83.3 Å². The van der Waals surface area contributed by atoms with E-state index < -0.39 is 6.09 Å². The third-order valence-electron chi connectivity index (χ3n) is 4.51. The van der Waals surface area contributed by atoms with Crippen LogP contribution in [0.15, 0.2) is 16.9 Å². The zero-order chi connectivity index (χ0) is 18.1. The Kier molecular flexibility index (Phi) is 5.29. The molecule has 0 aromatic carbocycles. The van der Waals surface area contributed by atoms with Crippen molar-refractivity contribution in [1.29, 1.82) is 0 Å². The van der Waals surface area contributed by atoms with Crippen molar-refractivity contribution in [3.8, 4) is 0 Å². The van der Waals surface area contributed by atoms with E-state index in [1.165, 1.54) is 0 Å². The van der Waals surface area contributed by atoms with Crippen LogP contribution >= 0.6 is 15.9 Å². The van der Waals surface area contributed by atoms with E-state index in [4.69, 9.17) is 10.1 Å². The maximum Gasteiger partial charge on any atom is 0.404 e. The molecule has 3 rings (SSSR count). The van der Waals surface area contributed by atoms with Crippen LogP contribution in [0, 0.1) is 5.92 Å². The van der Waals surface area contributed by atoms with Gasteiger partial charge in [0.25, 0.3) is 0 Å². The van der Waals surface area contributed by atoms with Crippen LogP contribution in [-0.4, -0.2) is 56.8 Å².